The normalized spacial score (nSPS) is 11.2. The molecule has 1 rings (SSSR count). The summed E-state index contributed by atoms with van der Waals surface area (Å²) >= 11 is 0. The van der Waals surface area contributed by atoms with Crippen molar-refractivity contribution in [2.45, 2.75) is 41.0 Å². The molecular weight excluding hydrogens is 308 g/mol. The second kappa shape index (κ2) is 8.62. The first-order valence-corrected chi connectivity index (χ1v) is 8.17. The second-order valence-electron chi connectivity index (χ2n) is 6.54. The quantitative estimate of drug-likeness (QED) is 0.435. The molecule has 1 aromatic rings. The van der Waals surface area contributed by atoms with Crippen molar-refractivity contribution in [2.75, 3.05) is 13.2 Å². The second-order valence-corrected chi connectivity index (χ2v) is 6.54. The SMILES string of the molecule is CCOC(=O)C(Cc1ccc(C(=O)C(C)(C)C)cc1)C(=O)OCC. The molecule has 0 atom stereocenters. The average molecular weight is 334 g/mol. The Morgan fingerprint density at radius 2 is 1.38 bits per heavy atom. The van der Waals surface area contributed by atoms with E-state index in [2.05, 4.69) is 0 Å². The van der Waals surface area contributed by atoms with E-state index >= 15 is 0 Å². The molecule has 0 unspecified atom stereocenters. The average Bonchev–Trinajstić information content (AvgIpc) is 2.52. The number of ether oxygens (including phenoxy) is 2. The number of hydrogen-bond donors (Lipinski definition) is 0. The van der Waals surface area contributed by atoms with Gasteiger partial charge in [0.25, 0.3) is 0 Å². The van der Waals surface area contributed by atoms with Gasteiger partial charge < -0.3 is 9.47 Å². The first-order chi connectivity index (χ1) is 11.2. The Morgan fingerprint density at radius 1 is 0.917 bits per heavy atom. The molecule has 0 bridgehead atoms. The van der Waals surface area contributed by atoms with Gasteiger partial charge in [0.15, 0.2) is 11.7 Å². The lowest BCUT2D eigenvalue weighted by Crippen LogP contribution is -2.30. The molecule has 5 heteroatoms. The summed E-state index contributed by atoms with van der Waals surface area (Å²) in [6, 6.07) is 6.95. The van der Waals surface area contributed by atoms with E-state index in [4.69, 9.17) is 9.47 Å². The number of ketones is 1. The van der Waals surface area contributed by atoms with Gasteiger partial charge in [0.05, 0.1) is 13.2 Å². The van der Waals surface area contributed by atoms with Crippen molar-refractivity contribution in [2.24, 2.45) is 11.3 Å². The predicted molar refractivity (Wildman–Crippen MR) is 90.7 cm³/mol. The molecule has 0 amide bonds. The van der Waals surface area contributed by atoms with E-state index in [9.17, 15) is 14.4 Å². The van der Waals surface area contributed by atoms with Crippen molar-refractivity contribution in [1.29, 1.82) is 0 Å². The third kappa shape index (κ3) is 5.48. The van der Waals surface area contributed by atoms with E-state index in [1.165, 1.54) is 0 Å². The number of hydrogen-bond acceptors (Lipinski definition) is 5. The largest absolute Gasteiger partial charge is 0.465 e. The van der Waals surface area contributed by atoms with Crippen LogP contribution in [-0.4, -0.2) is 30.9 Å². The maximum atomic E-state index is 12.2. The van der Waals surface area contributed by atoms with Crippen LogP contribution in [0.15, 0.2) is 24.3 Å². The summed E-state index contributed by atoms with van der Waals surface area (Å²) in [6.07, 6.45) is 0.182. The van der Waals surface area contributed by atoms with Crippen LogP contribution in [-0.2, 0) is 25.5 Å². The van der Waals surface area contributed by atoms with Crippen LogP contribution in [0.2, 0.25) is 0 Å². The monoisotopic (exact) mass is 334 g/mol. The van der Waals surface area contributed by atoms with Gasteiger partial charge in [0.1, 0.15) is 0 Å². The highest BCUT2D eigenvalue weighted by atomic mass is 16.6. The lowest BCUT2D eigenvalue weighted by Gasteiger charge is -2.17. The lowest BCUT2D eigenvalue weighted by atomic mass is 9.86. The molecule has 24 heavy (non-hydrogen) atoms. The molecule has 0 saturated carbocycles. The van der Waals surface area contributed by atoms with Crippen LogP contribution in [0.1, 0.15) is 50.5 Å². The van der Waals surface area contributed by atoms with Crippen molar-refractivity contribution in [3.8, 4) is 0 Å². The topological polar surface area (TPSA) is 69.7 Å². The van der Waals surface area contributed by atoms with E-state index < -0.39 is 23.3 Å². The van der Waals surface area contributed by atoms with Gasteiger partial charge in [-0.15, -0.1) is 0 Å². The van der Waals surface area contributed by atoms with Gasteiger partial charge in [-0.3, -0.25) is 14.4 Å². The van der Waals surface area contributed by atoms with E-state index in [1.54, 1.807) is 38.1 Å². The number of carbonyl (C=O) groups is 3. The van der Waals surface area contributed by atoms with E-state index in [1.807, 2.05) is 20.8 Å². The smallest absolute Gasteiger partial charge is 0.320 e. The fourth-order valence-corrected chi connectivity index (χ4v) is 2.21. The fraction of sp³-hybridized carbons (Fsp3) is 0.526. The summed E-state index contributed by atoms with van der Waals surface area (Å²) in [5, 5.41) is 0. The zero-order chi connectivity index (χ0) is 18.3. The maximum absolute atomic E-state index is 12.2. The molecule has 0 aliphatic rings. The molecule has 132 valence electrons. The maximum Gasteiger partial charge on any atom is 0.320 e. The number of carbonyl (C=O) groups excluding carboxylic acids is 3. The van der Waals surface area contributed by atoms with Gasteiger partial charge >= 0.3 is 11.9 Å². The third-order valence-electron chi connectivity index (χ3n) is 3.48. The van der Waals surface area contributed by atoms with Gasteiger partial charge in [-0.25, -0.2) is 0 Å². The molecule has 5 nitrogen and oxygen atoms in total. The molecule has 0 aliphatic carbocycles. The van der Waals surface area contributed by atoms with E-state index in [-0.39, 0.29) is 25.4 Å². The standard InChI is InChI=1S/C19H26O5/c1-6-23-17(21)15(18(22)24-7-2)12-13-8-10-14(11-9-13)16(20)19(3,4)5/h8-11,15H,6-7,12H2,1-5H3. The summed E-state index contributed by atoms with van der Waals surface area (Å²) < 4.78 is 9.91. The minimum atomic E-state index is -0.992. The molecule has 1 aromatic carbocycles. The van der Waals surface area contributed by atoms with Crippen LogP contribution in [0.5, 0.6) is 0 Å². The van der Waals surface area contributed by atoms with Gasteiger partial charge in [0, 0.05) is 11.0 Å². The van der Waals surface area contributed by atoms with Crippen molar-refractivity contribution < 1.29 is 23.9 Å². The molecule has 0 radical (unpaired) electrons. The number of rotatable bonds is 7. The minimum Gasteiger partial charge on any atom is -0.465 e. The van der Waals surface area contributed by atoms with Crippen molar-refractivity contribution in [1.82, 2.24) is 0 Å². The van der Waals surface area contributed by atoms with Crippen molar-refractivity contribution in [3.63, 3.8) is 0 Å². The van der Waals surface area contributed by atoms with Crippen LogP contribution in [0, 0.1) is 11.3 Å². The van der Waals surface area contributed by atoms with Gasteiger partial charge in [-0.05, 0) is 25.8 Å². The highest BCUT2D eigenvalue weighted by Gasteiger charge is 2.30. The molecule has 0 heterocycles. The third-order valence-corrected chi connectivity index (χ3v) is 3.48. The van der Waals surface area contributed by atoms with Gasteiger partial charge in [-0.2, -0.15) is 0 Å². The first kappa shape index (κ1) is 19.9. The summed E-state index contributed by atoms with van der Waals surface area (Å²) in [6.45, 7) is 9.36. The Labute approximate surface area is 143 Å². The molecule has 0 aliphatic heterocycles. The van der Waals surface area contributed by atoms with Crippen LogP contribution in [0.4, 0.5) is 0 Å². The number of esters is 2. The Hall–Kier alpha value is -2.17. The molecule has 0 saturated heterocycles. The Kier molecular flexibility index (Phi) is 7.14. The van der Waals surface area contributed by atoms with E-state index in [0.29, 0.717) is 5.56 Å². The summed E-state index contributed by atoms with van der Waals surface area (Å²) in [5.41, 5.74) is 0.918. The van der Waals surface area contributed by atoms with Gasteiger partial charge in [-0.1, -0.05) is 45.0 Å². The first-order valence-electron chi connectivity index (χ1n) is 8.17. The fourth-order valence-electron chi connectivity index (χ4n) is 2.21. The predicted octanol–water partition coefficient (Wildman–Crippen LogP) is 3.20. The Balaban J connectivity index is 2.92. The zero-order valence-corrected chi connectivity index (χ0v) is 15.0. The molecule has 0 aromatic heterocycles. The highest BCUT2D eigenvalue weighted by Crippen LogP contribution is 2.22. The highest BCUT2D eigenvalue weighted by molar-refractivity contribution is 6.00. The summed E-state index contributed by atoms with van der Waals surface area (Å²) in [5.74, 6) is -2.13. The van der Waals surface area contributed by atoms with Gasteiger partial charge in [0.2, 0.25) is 0 Å². The summed E-state index contributed by atoms with van der Waals surface area (Å²) in [4.78, 5) is 36.2. The van der Waals surface area contributed by atoms with Crippen LogP contribution in [0.25, 0.3) is 0 Å². The van der Waals surface area contributed by atoms with Crippen molar-refractivity contribution in [3.05, 3.63) is 35.4 Å². The van der Waals surface area contributed by atoms with Crippen LogP contribution >= 0.6 is 0 Å². The molecular formula is C19H26O5. The Bertz CT molecular complexity index is 563. The minimum absolute atomic E-state index is 0.0429. The Morgan fingerprint density at radius 3 is 1.75 bits per heavy atom. The molecule has 0 N–H and O–H groups in total. The number of Topliss-reactive ketones (excluding diaryl/α,β-unsaturated/α-hetero) is 1. The van der Waals surface area contributed by atoms with Crippen LogP contribution in [0.3, 0.4) is 0 Å². The summed E-state index contributed by atoms with van der Waals surface area (Å²) in [7, 11) is 0. The molecule has 0 spiro atoms. The molecule has 0 fully saturated rings. The van der Waals surface area contributed by atoms with E-state index in [0.717, 1.165) is 5.56 Å². The zero-order valence-electron chi connectivity index (χ0n) is 15.0. The lowest BCUT2D eigenvalue weighted by molar-refractivity contribution is -0.161. The number of benzene rings is 1. The van der Waals surface area contributed by atoms with Crippen molar-refractivity contribution >= 4 is 17.7 Å². The van der Waals surface area contributed by atoms with Crippen LogP contribution < -0.4 is 0 Å².